The topological polar surface area (TPSA) is 28.7 Å². The molecule has 2 nitrogen and oxygen atoms in total. The number of rotatable bonds is 2. The van der Waals surface area contributed by atoms with Crippen LogP contribution in [0.15, 0.2) is 54.6 Å². The van der Waals surface area contributed by atoms with Crippen LogP contribution >= 0.6 is 23.8 Å². The second kappa shape index (κ2) is 5.76. The standard InChI is InChI=1S/C16H10ClFN2S/c17-12-8-11(6-7-13(12)18)14-9-15(21)20-16(19-14)10-4-2-1-3-5-10/h1-9H,(H,19,20,21). The van der Waals surface area contributed by atoms with Gasteiger partial charge in [-0.15, -0.1) is 0 Å². The quantitative estimate of drug-likeness (QED) is 0.653. The van der Waals surface area contributed by atoms with Crippen molar-refractivity contribution in [2.24, 2.45) is 0 Å². The van der Waals surface area contributed by atoms with Crippen molar-refractivity contribution in [2.75, 3.05) is 0 Å². The zero-order chi connectivity index (χ0) is 14.8. The van der Waals surface area contributed by atoms with Gasteiger partial charge in [0.15, 0.2) is 0 Å². The monoisotopic (exact) mass is 316 g/mol. The summed E-state index contributed by atoms with van der Waals surface area (Å²) in [5.74, 6) is 0.218. The van der Waals surface area contributed by atoms with Crippen molar-refractivity contribution in [1.29, 1.82) is 0 Å². The molecule has 0 atom stereocenters. The number of hydrogen-bond donors (Lipinski definition) is 1. The highest BCUT2D eigenvalue weighted by atomic mass is 35.5. The summed E-state index contributed by atoms with van der Waals surface area (Å²) in [6.45, 7) is 0. The van der Waals surface area contributed by atoms with Crippen LogP contribution in [0, 0.1) is 10.5 Å². The summed E-state index contributed by atoms with van der Waals surface area (Å²) in [7, 11) is 0. The Kier molecular flexibility index (Phi) is 3.82. The Morgan fingerprint density at radius 1 is 1.00 bits per heavy atom. The molecule has 21 heavy (non-hydrogen) atoms. The predicted molar refractivity (Wildman–Crippen MR) is 85.3 cm³/mol. The normalized spacial score (nSPS) is 10.6. The maximum atomic E-state index is 13.3. The SMILES string of the molecule is Fc1ccc(-c2cc(=S)nc(-c3ccccc3)[nH]2)cc1Cl. The van der Waals surface area contributed by atoms with Gasteiger partial charge in [0.05, 0.1) is 10.7 Å². The van der Waals surface area contributed by atoms with Crippen molar-refractivity contribution >= 4 is 23.8 Å². The van der Waals surface area contributed by atoms with E-state index in [1.807, 2.05) is 30.3 Å². The Labute approximate surface area is 131 Å². The molecular weight excluding hydrogens is 307 g/mol. The molecule has 0 saturated heterocycles. The van der Waals surface area contributed by atoms with Gasteiger partial charge in [0.1, 0.15) is 16.3 Å². The van der Waals surface area contributed by atoms with E-state index in [-0.39, 0.29) is 5.02 Å². The molecule has 0 radical (unpaired) electrons. The van der Waals surface area contributed by atoms with E-state index in [9.17, 15) is 4.39 Å². The number of nitrogens with zero attached hydrogens (tertiary/aromatic N) is 1. The van der Waals surface area contributed by atoms with E-state index < -0.39 is 5.82 Å². The highest BCUT2D eigenvalue weighted by Crippen LogP contribution is 2.25. The van der Waals surface area contributed by atoms with Gasteiger partial charge in [0, 0.05) is 5.56 Å². The second-order valence-corrected chi connectivity index (χ2v) is 5.30. The Bertz CT molecular complexity index is 846. The van der Waals surface area contributed by atoms with Gasteiger partial charge in [-0.05, 0) is 29.8 Å². The molecule has 1 aromatic heterocycles. The molecule has 0 unspecified atom stereocenters. The molecule has 0 aliphatic carbocycles. The van der Waals surface area contributed by atoms with E-state index >= 15 is 0 Å². The number of aromatic nitrogens is 2. The number of aromatic amines is 1. The minimum atomic E-state index is -0.448. The largest absolute Gasteiger partial charge is 0.339 e. The maximum Gasteiger partial charge on any atom is 0.141 e. The van der Waals surface area contributed by atoms with Crippen molar-refractivity contribution in [3.63, 3.8) is 0 Å². The van der Waals surface area contributed by atoms with Crippen LogP contribution in [-0.2, 0) is 0 Å². The van der Waals surface area contributed by atoms with E-state index in [1.165, 1.54) is 6.07 Å². The molecule has 1 heterocycles. The lowest BCUT2D eigenvalue weighted by Gasteiger charge is -2.07. The van der Waals surface area contributed by atoms with Crippen LogP contribution in [-0.4, -0.2) is 9.97 Å². The fourth-order valence-electron chi connectivity index (χ4n) is 2.01. The van der Waals surface area contributed by atoms with E-state index in [0.29, 0.717) is 10.5 Å². The molecular formula is C16H10ClFN2S. The van der Waals surface area contributed by atoms with Crippen molar-refractivity contribution < 1.29 is 4.39 Å². The van der Waals surface area contributed by atoms with Crippen LogP contribution in [0.3, 0.4) is 0 Å². The predicted octanol–water partition coefficient (Wildman–Crippen LogP) is 5.27. The van der Waals surface area contributed by atoms with Gasteiger partial charge >= 0.3 is 0 Å². The smallest absolute Gasteiger partial charge is 0.141 e. The van der Waals surface area contributed by atoms with Gasteiger partial charge < -0.3 is 4.98 Å². The van der Waals surface area contributed by atoms with Crippen LogP contribution in [0.4, 0.5) is 4.39 Å². The van der Waals surface area contributed by atoms with Gasteiger partial charge in [-0.2, -0.15) is 0 Å². The lowest BCUT2D eigenvalue weighted by molar-refractivity contribution is 0.628. The summed E-state index contributed by atoms with van der Waals surface area (Å²) >= 11 is 11.0. The third-order valence-electron chi connectivity index (χ3n) is 3.02. The Morgan fingerprint density at radius 2 is 1.76 bits per heavy atom. The average Bonchev–Trinajstić information content (AvgIpc) is 2.50. The molecule has 0 amide bonds. The van der Waals surface area contributed by atoms with Crippen molar-refractivity contribution in [2.45, 2.75) is 0 Å². The van der Waals surface area contributed by atoms with Crippen LogP contribution in [0.2, 0.25) is 5.02 Å². The first-order valence-corrected chi connectivity index (χ1v) is 7.04. The lowest BCUT2D eigenvalue weighted by Crippen LogP contribution is -1.93. The first-order valence-electron chi connectivity index (χ1n) is 6.26. The van der Waals surface area contributed by atoms with Gasteiger partial charge in [0.25, 0.3) is 0 Å². The Morgan fingerprint density at radius 3 is 2.48 bits per heavy atom. The minimum Gasteiger partial charge on any atom is -0.339 e. The Hall–Kier alpha value is -2.04. The van der Waals surface area contributed by atoms with E-state index in [4.69, 9.17) is 23.8 Å². The number of nitrogens with one attached hydrogen (secondary N) is 1. The summed E-state index contributed by atoms with van der Waals surface area (Å²) in [6, 6.07) is 15.9. The van der Waals surface area contributed by atoms with Gasteiger partial charge in [-0.25, -0.2) is 9.37 Å². The van der Waals surface area contributed by atoms with Gasteiger partial charge in [-0.1, -0.05) is 54.2 Å². The van der Waals surface area contributed by atoms with E-state index in [2.05, 4.69) is 9.97 Å². The summed E-state index contributed by atoms with van der Waals surface area (Å²) in [5.41, 5.74) is 2.43. The number of halogens is 2. The minimum absolute atomic E-state index is 0.0740. The average molecular weight is 317 g/mol. The molecule has 3 aromatic rings. The third-order valence-corrected chi connectivity index (χ3v) is 3.52. The molecule has 0 spiro atoms. The molecule has 0 bridgehead atoms. The van der Waals surface area contributed by atoms with Crippen LogP contribution in [0.1, 0.15) is 0 Å². The highest BCUT2D eigenvalue weighted by molar-refractivity contribution is 7.71. The first-order chi connectivity index (χ1) is 10.1. The molecule has 104 valence electrons. The number of H-pyrrole nitrogens is 1. The Balaban J connectivity index is 2.14. The molecule has 2 aromatic carbocycles. The third kappa shape index (κ3) is 3.01. The molecule has 3 rings (SSSR count). The molecule has 0 aliphatic rings. The van der Waals surface area contributed by atoms with Crippen LogP contribution in [0.5, 0.6) is 0 Å². The fraction of sp³-hybridized carbons (Fsp3) is 0. The summed E-state index contributed by atoms with van der Waals surface area (Å²) in [6.07, 6.45) is 0. The molecule has 5 heteroatoms. The van der Waals surface area contributed by atoms with Crippen LogP contribution in [0.25, 0.3) is 22.6 Å². The maximum absolute atomic E-state index is 13.3. The fourth-order valence-corrected chi connectivity index (χ4v) is 2.40. The molecule has 0 fully saturated rings. The van der Waals surface area contributed by atoms with Crippen molar-refractivity contribution in [1.82, 2.24) is 9.97 Å². The first kappa shape index (κ1) is 13.9. The molecule has 0 aliphatic heterocycles. The van der Waals surface area contributed by atoms with Crippen molar-refractivity contribution in [3.8, 4) is 22.6 Å². The zero-order valence-electron chi connectivity index (χ0n) is 10.8. The van der Waals surface area contributed by atoms with E-state index in [1.54, 1.807) is 18.2 Å². The van der Waals surface area contributed by atoms with Crippen LogP contribution < -0.4 is 0 Å². The second-order valence-electron chi connectivity index (χ2n) is 4.48. The summed E-state index contributed by atoms with van der Waals surface area (Å²) in [5, 5.41) is 0.0740. The van der Waals surface area contributed by atoms with E-state index in [0.717, 1.165) is 16.8 Å². The highest BCUT2D eigenvalue weighted by Gasteiger charge is 2.06. The number of benzene rings is 2. The van der Waals surface area contributed by atoms with Gasteiger partial charge in [0.2, 0.25) is 0 Å². The molecule has 0 saturated carbocycles. The summed E-state index contributed by atoms with van der Waals surface area (Å²) in [4.78, 5) is 7.53. The number of hydrogen-bond acceptors (Lipinski definition) is 2. The lowest BCUT2D eigenvalue weighted by atomic mass is 10.1. The molecule has 1 N–H and O–H groups in total. The van der Waals surface area contributed by atoms with Crippen molar-refractivity contribution in [3.05, 3.63) is 70.1 Å². The van der Waals surface area contributed by atoms with Gasteiger partial charge in [-0.3, -0.25) is 0 Å². The zero-order valence-corrected chi connectivity index (χ0v) is 12.4. The summed E-state index contributed by atoms with van der Waals surface area (Å²) < 4.78 is 13.7.